The number of piperidine rings is 1. The third kappa shape index (κ3) is 5.65. The molecule has 1 fully saturated rings. The smallest absolute Gasteiger partial charge is 0.221 e. The summed E-state index contributed by atoms with van der Waals surface area (Å²) in [4.78, 5) is 13.5. The Morgan fingerprint density at radius 2 is 1.92 bits per heavy atom. The molecule has 1 aliphatic heterocycles. The van der Waals surface area contributed by atoms with E-state index >= 15 is 0 Å². The molecule has 2 rings (SSSR count). The second kappa shape index (κ2) is 9.86. The molecule has 3 N–H and O–H groups in total. The van der Waals surface area contributed by atoms with Crippen LogP contribution >= 0.6 is 12.4 Å². The number of halogens is 4. The molecule has 1 aliphatic rings. The molecule has 0 spiro atoms. The van der Waals surface area contributed by atoms with E-state index in [1.807, 2.05) is 4.90 Å². The van der Waals surface area contributed by atoms with Gasteiger partial charge in [0.05, 0.1) is 0 Å². The minimum Gasteiger partial charge on any atom is -0.354 e. The van der Waals surface area contributed by atoms with Crippen LogP contribution in [0.3, 0.4) is 0 Å². The molecule has 0 aliphatic carbocycles. The van der Waals surface area contributed by atoms with Crippen molar-refractivity contribution < 1.29 is 18.0 Å². The first-order valence-corrected chi connectivity index (χ1v) is 7.85. The highest BCUT2D eigenvalue weighted by atomic mass is 35.5. The molecule has 0 bridgehead atoms. The van der Waals surface area contributed by atoms with Gasteiger partial charge in [0.1, 0.15) is 5.82 Å². The van der Waals surface area contributed by atoms with E-state index in [-0.39, 0.29) is 42.9 Å². The van der Waals surface area contributed by atoms with Gasteiger partial charge in [0.15, 0.2) is 11.6 Å². The first-order valence-electron chi connectivity index (χ1n) is 7.85. The molecule has 4 nitrogen and oxygen atoms in total. The van der Waals surface area contributed by atoms with Crippen LogP contribution in [0.5, 0.6) is 0 Å². The predicted molar refractivity (Wildman–Crippen MR) is 88.3 cm³/mol. The zero-order chi connectivity index (χ0) is 16.8. The normalized spacial score (nSPS) is 18.1. The van der Waals surface area contributed by atoms with E-state index in [0.717, 1.165) is 31.9 Å². The minimum absolute atomic E-state index is 0. The standard InChI is InChI=1S/C16H22F3N3O.ClH/c17-13-8-15(19)14(18)7-11(13)10-22-6-2-1-3-12(22)9-21-16(23)4-5-20;/h7-8,12H,1-6,9-10,20H2,(H,21,23);1H. The number of nitrogens with two attached hydrogens (primary N) is 1. The van der Waals surface area contributed by atoms with Crippen LogP contribution in [-0.4, -0.2) is 36.5 Å². The summed E-state index contributed by atoms with van der Waals surface area (Å²) in [6.45, 7) is 1.67. The van der Waals surface area contributed by atoms with Crippen molar-refractivity contribution in [3.05, 3.63) is 35.1 Å². The first kappa shape index (κ1) is 20.7. The van der Waals surface area contributed by atoms with Gasteiger partial charge in [-0.3, -0.25) is 9.69 Å². The molecule has 0 radical (unpaired) electrons. The molecule has 0 aromatic heterocycles. The fourth-order valence-corrected chi connectivity index (χ4v) is 2.85. The Kier molecular flexibility index (Phi) is 8.52. The van der Waals surface area contributed by atoms with Crippen LogP contribution in [0.4, 0.5) is 13.2 Å². The molecule has 1 atom stereocenters. The fraction of sp³-hybridized carbons (Fsp3) is 0.562. The number of nitrogens with zero attached hydrogens (tertiary/aromatic N) is 1. The molecule has 0 saturated carbocycles. The van der Waals surface area contributed by atoms with Gasteiger partial charge in [0, 0.05) is 43.7 Å². The van der Waals surface area contributed by atoms with Crippen molar-refractivity contribution in [3.63, 3.8) is 0 Å². The van der Waals surface area contributed by atoms with Gasteiger partial charge in [-0.15, -0.1) is 12.4 Å². The van der Waals surface area contributed by atoms with E-state index in [2.05, 4.69) is 5.32 Å². The van der Waals surface area contributed by atoms with Crippen LogP contribution in [0.1, 0.15) is 31.2 Å². The lowest BCUT2D eigenvalue weighted by atomic mass is 10.0. The quantitative estimate of drug-likeness (QED) is 0.761. The SMILES string of the molecule is Cl.NCCC(=O)NCC1CCCCN1Cc1cc(F)c(F)cc1F. The highest BCUT2D eigenvalue weighted by molar-refractivity contribution is 5.85. The second-order valence-electron chi connectivity index (χ2n) is 5.82. The number of benzene rings is 1. The topological polar surface area (TPSA) is 58.4 Å². The van der Waals surface area contributed by atoms with E-state index in [1.165, 1.54) is 0 Å². The largest absolute Gasteiger partial charge is 0.354 e. The maximum absolute atomic E-state index is 13.8. The van der Waals surface area contributed by atoms with Crippen molar-refractivity contribution in [1.29, 1.82) is 0 Å². The number of hydrogen-bond donors (Lipinski definition) is 2. The van der Waals surface area contributed by atoms with Crippen molar-refractivity contribution in [3.8, 4) is 0 Å². The summed E-state index contributed by atoms with van der Waals surface area (Å²) < 4.78 is 40.1. The van der Waals surface area contributed by atoms with Gasteiger partial charge in [-0.1, -0.05) is 6.42 Å². The van der Waals surface area contributed by atoms with Crippen LogP contribution in [0.15, 0.2) is 12.1 Å². The second-order valence-corrected chi connectivity index (χ2v) is 5.82. The molecular weight excluding hydrogens is 343 g/mol. The summed E-state index contributed by atoms with van der Waals surface area (Å²) in [7, 11) is 0. The third-order valence-corrected chi connectivity index (χ3v) is 4.12. The summed E-state index contributed by atoms with van der Waals surface area (Å²) >= 11 is 0. The van der Waals surface area contributed by atoms with Crippen LogP contribution in [0.25, 0.3) is 0 Å². The summed E-state index contributed by atoms with van der Waals surface area (Å²) in [5.74, 6) is -3.10. The van der Waals surface area contributed by atoms with E-state index in [4.69, 9.17) is 5.73 Å². The lowest BCUT2D eigenvalue weighted by Gasteiger charge is -2.36. The van der Waals surface area contributed by atoms with Gasteiger partial charge in [-0.2, -0.15) is 0 Å². The lowest BCUT2D eigenvalue weighted by Crippen LogP contribution is -2.46. The number of carbonyl (C=O) groups is 1. The van der Waals surface area contributed by atoms with Gasteiger partial charge in [-0.05, 0) is 25.5 Å². The fourth-order valence-electron chi connectivity index (χ4n) is 2.85. The Morgan fingerprint density at radius 3 is 2.62 bits per heavy atom. The van der Waals surface area contributed by atoms with Crippen LogP contribution in [-0.2, 0) is 11.3 Å². The Hall–Kier alpha value is -1.31. The van der Waals surface area contributed by atoms with Gasteiger partial charge in [0.25, 0.3) is 0 Å². The summed E-state index contributed by atoms with van der Waals surface area (Å²) in [5, 5.41) is 2.82. The zero-order valence-corrected chi connectivity index (χ0v) is 14.2. The van der Waals surface area contributed by atoms with Crippen LogP contribution < -0.4 is 11.1 Å². The summed E-state index contributed by atoms with van der Waals surface area (Å²) in [6.07, 6.45) is 3.12. The molecule has 1 saturated heterocycles. The summed E-state index contributed by atoms with van der Waals surface area (Å²) in [6, 6.07) is 1.54. The van der Waals surface area contributed by atoms with Gasteiger partial charge in [0.2, 0.25) is 5.91 Å². The number of amides is 1. The molecule has 24 heavy (non-hydrogen) atoms. The molecule has 1 aromatic rings. The van der Waals surface area contributed by atoms with Gasteiger partial charge in [-0.25, -0.2) is 13.2 Å². The molecule has 1 heterocycles. The van der Waals surface area contributed by atoms with Crippen molar-refractivity contribution in [1.82, 2.24) is 10.2 Å². The molecule has 1 amide bonds. The maximum atomic E-state index is 13.8. The Bertz CT molecular complexity index is 560. The number of hydrogen-bond acceptors (Lipinski definition) is 3. The van der Waals surface area contributed by atoms with E-state index in [0.29, 0.717) is 19.2 Å². The Balaban J connectivity index is 0.00000288. The van der Waals surface area contributed by atoms with Crippen molar-refractivity contribution in [2.45, 2.75) is 38.3 Å². The minimum atomic E-state index is -1.18. The van der Waals surface area contributed by atoms with E-state index in [1.54, 1.807) is 0 Å². The first-order chi connectivity index (χ1) is 11.0. The molecule has 136 valence electrons. The Labute approximate surface area is 146 Å². The molecule has 8 heteroatoms. The summed E-state index contributed by atoms with van der Waals surface area (Å²) in [5.41, 5.74) is 5.46. The van der Waals surface area contributed by atoms with Crippen LogP contribution in [0, 0.1) is 17.5 Å². The molecular formula is C16H23ClF3N3O. The van der Waals surface area contributed by atoms with Crippen LogP contribution in [0.2, 0.25) is 0 Å². The molecule has 1 aromatic carbocycles. The number of likely N-dealkylation sites (tertiary alicyclic amines) is 1. The number of nitrogens with one attached hydrogen (secondary N) is 1. The van der Waals surface area contributed by atoms with Crippen molar-refractivity contribution in [2.24, 2.45) is 5.73 Å². The highest BCUT2D eigenvalue weighted by Crippen LogP contribution is 2.22. The molecule has 1 unspecified atom stereocenters. The highest BCUT2D eigenvalue weighted by Gasteiger charge is 2.24. The predicted octanol–water partition coefficient (Wildman–Crippen LogP) is 2.35. The van der Waals surface area contributed by atoms with E-state index < -0.39 is 17.5 Å². The Morgan fingerprint density at radius 1 is 1.21 bits per heavy atom. The van der Waals surface area contributed by atoms with Gasteiger partial charge >= 0.3 is 0 Å². The maximum Gasteiger partial charge on any atom is 0.221 e. The third-order valence-electron chi connectivity index (χ3n) is 4.12. The number of rotatable bonds is 6. The zero-order valence-electron chi connectivity index (χ0n) is 13.4. The van der Waals surface area contributed by atoms with Crippen molar-refractivity contribution in [2.75, 3.05) is 19.6 Å². The monoisotopic (exact) mass is 365 g/mol. The van der Waals surface area contributed by atoms with E-state index in [9.17, 15) is 18.0 Å². The average Bonchev–Trinajstić information content (AvgIpc) is 2.52. The average molecular weight is 366 g/mol. The van der Waals surface area contributed by atoms with Crippen molar-refractivity contribution >= 4 is 18.3 Å². The van der Waals surface area contributed by atoms with Gasteiger partial charge < -0.3 is 11.1 Å². The lowest BCUT2D eigenvalue weighted by molar-refractivity contribution is -0.121. The number of carbonyl (C=O) groups excluding carboxylic acids is 1.